The molecule has 3 heteroatoms. The summed E-state index contributed by atoms with van der Waals surface area (Å²) in [5.41, 5.74) is 2.97. The van der Waals surface area contributed by atoms with Crippen molar-refractivity contribution in [2.24, 2.45) is 4.99 Å². The lowest BCUT2D eigenvalue weighted by Crippen LogP contribution is -1.88. The molecular weight excluding hydrogens is 248 g/mol. The van der Waals surface area contributed by atoms with Crippen molar-refractivity contribution in [3.05, 3.63) is 78.6 Å². The van der Waals surface area contributed by atoms with Gasteiger partial charge in [0.05, 0.1) is 5.69 Å². The molecule has 0 amide bonds. The van der Waals surface area contributed by atoms with Gasteiger partial charge in [-0.3, -0.25) is 4.99 Å². The Bertz CT molecular complexity index is 712. The maximum atomic E-state index is 9.22. The van der Waals surface area contributed by atoms with E-state index in [-0.39, 0.29) is 5.75 Å². The van der Waals surface area contributed by atoms with Crippen molar-refractivity contribution in [2.75, 3.05) is 0 Å². The number of benzene rings is 2. The van der Waals surface area contributed by atoms with E-state index in [0.29, 0.717) is 0 Å². The van der Waals surface area contributed by atoms with E-state index in [2.05, 4.69) is 21.7 Å². The van der Waals surface area contributed by atoms with E-state index in [1.54, 1.807) is 24.3 Å². The zero-order valence-corrected chi connectivity index (χ0v) is 10.8. The zero-order chi connectivity index (χ0) is 13.8. The number of rotatable bonds is 3. The molecule has 0 aliphatic carbocycles. The average molecular weight is 262 g/mol. The van der Waals surface area contributed by atoms with Gasteiger partial charge >= 0.3 is 0 Å². The first kappa shape index (κ1) is 12.2. The standard InChI is InChI=1S/C17H14N2O/c20-17-8-6-15(7-9-17)18-12-14-10-11-19(13-14)16-4-2-1-3-5-16/h1-13,20H. The highest BCUT2D eigenvalue weighted by molar-refractivity contribution is 5.81. The summed E-state index contributed by atoms with van der Waals surface area (Å²) < 4.78 is 2.05. The Morgan fingerprint density at radius 3 is 2.40 bits per heavy atom. The highest BCUT2D eigenvalue weighted by Gasteiger charge is 1.96. The molecule has 3 nitrogen and oxygen atoms in total. The van der Waals surface area contributed by atoms with Gasteiger partial charge in [0.15, 0.2) is 0 Å². The minimum Gasteiger partial charge on any atom is -0.508 e. The number of aliphatic imine (C=N–C) groups is 1. The molecule has 2 aromatic carbocycles. The van der Waals surface area contributed by atoms with Crippen molar-refractivity contribution in [3.8, 4) is 11.4 Å². The topological polar surface area (TPSA) is 37.5 Å². The largest absolute Gasteiger partial charge is 0.508 e. The zero-order valence-electron chi connectivity index (χ0n) is 10.8. The first-order valence-electron chi connectivity index (χ1n) is 6.38. The second-order valence-corrected chi connectivity index (χ2v) is 4.46. The number of aromatic nitrogens is 1. The van der Waals surface area contributed by atoms with Gasteiger partial charge in [-0.05, 0) is 42.5 Å². The molecule has 1 N–H and O–H groups in total. The van der Waals surface area contributed by atoms with Gasteiger partial charge < -0.3 is 9.67 Å². The van der Waals surface area contributed by atoms with Crippen LogP contribution in [0.3, 0.4) is 0 Å². The van der Waals surface area contributed by atoms with Gasteiger partial charge in [-0.25, -0.2) is 0 Å². The van der Waals surface area contributed by atoms with Gasteiger partial charge in [-0.1, -0.05) is 18.2 Å². The summed E-state index contributed by atoms with van der Waals surface area (Å²) >= 11 is 0. The Hall–Kier alpha value is -2.81. The fourth-order valence-electron chi connectivity index (χ4n) is 1.94. The van der Waals surface area contributed by atoms with E-state index < -0.39 is 0 Å². The highest BCUT2D eigenvalue weighted by atomic mass is 16.3. The van der Waals surface area contributed by atoms with Crippen LogP contribution >= 0.6 is 0 Å². The number of hydrogen-bond donors (Lipinski definition) is 1. The average Bonchev–Trinajstić information content (AvgIpc) is 2.97. The van der Waals surface area contributed by atoms with Crippen molar-refractivity contribution in [2.45, 2.75) is 0 Å². The van der Waals surface area contributed by atoms with E-state index in [1.165, 1.54) is 0 Å². The summed E-state index contributed by atoms with van der Waals surface area (Å²) in [7, 11) is 0. The van der Waals surface area contributed by atoms with Crippen LogP contribution in [0.15, 0.2) is 78.0 Å². The van der Waals surface area contributed by atoms with Gasteiger partial charge in [-0.15, -0.1) is 0 Å². The third-order valence-electron chi connectivity index (χ3n) is 2.98. The molecule has 0 aliphatic heterocycles. The normalized spacial score (nSPS) is 11.0. The van der Waals surface area contributed by atoms with E-state index in [9.17, 15) is 5.11 Å². The van der Waals surface area contributed by atoms with Crippen molar-refractivity contribution in [3.63, 3.8) is 0 Å². The molecule has 0 spiro atoms. The van der Waals surface area contributed by atoms with Crippen LogP contribution in [0.1, 0.15) is 5.56 Å². The summed E-state index contributed by atoms with van der Waals surface area (Å²) in [5.74, 6) is 0.249. The summed E-state index contributed by atoms with van der Waals surface area (Å²) in [6.07, 6.45) is 5.85. The molecular formula is C17H14N2O. The Labute approximate surface area is 117 Å². The molecule has 1 aromatic heterocycles. The van der Waals surface area contributed by atoms with Crippen molar-refractivity contribution in [1.29, 1.82) is 0 Å². The van der Waals surface area contributed by atoms with Crippen LogP contribution in [0, 0.1) is 0 Å². The molecule has 3 rings (SSSR count). The van der Waals surface area contributed by atoms with E-state index in [4.69, 9.17) is 0 Å². The van der Waals surface area contributed by atoms with Crippen molar-refractivity contribution in [1.82, 2.24) is 4.57 Å². The highest BCUT2D eigenvalue weighted by Crippen LogP contribution is 2.17. The van der Waals surface area contributed by atoms with Crippen LogP contribution in [0.25, 0.3) is 5.69 Å². The molecule has 0 atom stereocenters. The Morgan fingerprint density at radius 2 is 1.65 bits per heavy atom. The van der Waals surface area contributed by atoms with Gasteiger partial charge in [0, 0.05) is 29.9 Å². The van der Waals surface area contributed by atoms with Crippen LogP contribution in [0.2, 0.25) is 0 Å². The van der Waals surface area contributed by atoms with Gasteiger partial charge in [0.25, 0.3) is 0 Å². The summed E-state index contributed by atoms with van der Waals surface area (Å²) in [6, 6.07) is 19.0. The first-order chi connectivity index (χ1) is 9.81. The molecule has 0 aliphatic rings. The quantitative estimate of drug-likeness (QED) is 0.713. The molecule has 3 aromatic rings. The smallest absolute Gasteiger partial charge is 0.115 e. The molecule has 0 saturated carbocycles. The SMILES string of the molecule is Oc1ccc(N=Cc2ccn(-c3ccccc3)c2)cc1. The lowest BCUT2D eigenvalue weighted by atomic mass is 10.3. The van der Waals surface area contributed by atoms with E-state index in [0.717, 1.165) is 16.9 Å². The second-order valence-electron chi connectivity index (χ2n) is 4.46. The van der Waals surface area contributed by atoms with Crippen molar-refractivity contribution >= 4 is 11.9 Å². The fraction of sp³-hybridized carbons (Fsp3) is 0. The molecule has 1 heterocycles. The third kappa shape index (κ3) is 2.78. The number of phenolic OH excluding ortho intramolecular Hbond substituents is 1. The maximum absolute atomic E-state index is 9.22. The second kappa shape index (κ2) is 5.45. The lowest BCUT2D eigenvalue weighted by molar-refractivity contribution is 0.475. The molecule has 98 valence electrons. The monoisotopic (exact) mass is 262 g/mol. The Kier molecular flexibility index (Phi) is 3.33. The predicted molar refractivity (Wildman–Crippen MR) is 81.1 cm³/mol. The summed E-state index contributed by atoms with van der Waals surface area (Å²) in [6.45, 7) is 0. The van der Waals surface area contributed by atoms with Crippen molar-refractivity contribution < 1.29 is 5.11 Å². The number of nitrogens with zero attached hydrogens (tertiary/aromatic N) is 2. The molecule has 0 saturated heterocycles. The van der Waals surface area contributed by atoms with Gasteiger partial charge in [0.1, 0.15) is 5.75 Å². The molecule has 0 fully saturated rings. The van der Waals surface area contributed by atoms with Crippen LogP contribution in [-0.4, -0.2) is 15.9 Å². The Morgan fingerprint density at radius 1 is 0.900 bits per heavy atom. The number of aromatic hydroxyl groups is 1. The molecule has 20 heavy (non-hydrogen) atoms. The van der Waals surface area contributed by atoms with Crippen LogP contribution in [-0.2, 0) is 0 Å². The minimum atomic E-state index is 0.249. The van der Waals surface area contributed by atoms with Crippen LogP contribution in [0.5, 0.6) is 5.75 Å². The maximum Gasteiger partial charge on any atom is 0.115 e. The van der Waals surface area contributed by atoms with E-state index >= 15 is 0 Å². The number of hydrogen-bond acceptors (Lipinski definition) is 2. The van der Waals surface area contributed by atoms with Gasteiger partial charge in [0.2, 0.25) is 0 Å². The first-order valence-corrected chi connectivity index (χ1v) is 6.38. The van der Waals surface area contributed by atoms with Gasteiger partial charge in [-0.2, -0.15) is 0 Å². The van der Waals surface area contributed by atoms with Crippen LogP contribution in [0.4, 0.5) is 5.69 Å². The van der Waals surface area contributed by atoms with E-state index in [1.807, 2.05) is 42.9 Å². The fourth-order valence-corrected chi connectivity index (χ4v) is 1.94. The Balaban J connectivity index is 1.79. The summed E-state index contributed by atoms with van der Waals surface area (Å²) in [5, 5.41) is 9.22. The summed E-state index contributed by atoms with van der Waals surface area (Å²) in [4.78, 5) is 4.38. The number of phenols is 1. The number of para-hydroxylation sites is 1. The third-order valence-corrected chi connectivity index (χ3v) is 2.98. The lowest BCUT2D eigenvalue weighted by Gasteiger charge is -2.00. The molecule has 0 radical (unpaired) electrons. The van der Waals surface area contributed by atoms with Crippen LogP contribution < -0.4 is 0 Å². The predicted octanol–water partition coefficient (Wildman–Crippen LogP) is 3.93. The molecule has 0 unspecified atom stereocenters. The molecule has 0 bridgehead atoms. The minimum absolute atomic E-state index is 0.249.